The first-order valence-corrected chi connectivity index (χ1v) is 4.55. The van der Waals surface area contributed by atoms with Crippen molar-refractivity contribution >= 4 is 0 Å². The minimum absolute atomic E-state index is 0.191. The Morgan fingerprint density at radius 3 is 2.82 bits per heavy atom. The van der Waals surface area contributed by atoms with Crippen molar-refractivity contribution in [1.29, 1.82) is 0 Å². The number of hydrogen-bond acceptors (Lipinski definition) is 1. The second-order valence-electron chi connectivity index (χ2n) is 3.68. The maximum absolute atomic E-state index is 12.0. The van der Waals surface area contributed by atoms with Crippen LogP contribution >= 0.6 is 0 Å². The van der Waals surface area contributed by atoms with E-state index in [1.165, 1.54) is 12.8 Å². The number of likely N-dealkylation sites (tertiary alicyclic amines) is 1. The SMILES string of the molecule is CC(C)C1CCCN1CCF. The van der Waals surface area contributed by atoms with Crippen LogP contribution in [-0.2, 0) is 0 Å². The molecule has 1 nitrogen and oxygen atoms in total. The Balaban J connectivity index is 2.37. The molecule has 1 rings (SSSR count). The zero-order valence-corrected chi connectivity index (χ0v) is 7.52. The van der Waals surface area contributed by atoms with E-state index in [2.05, 4.69) is 18.7 Å². The van der Waals surface area contributed by atoms with Gasteiger partial charge in [-0.05, 0) is 25.3 Å². The largest absolute Gasteiger partial charge is 0.298 e. The van der Waals surface area contributed by atoms with E-state index in [0.717, 1.165) is 6.54 Å². The van der Waals surface area contributed by atoms with Crippen LogP contribution < -0.4 is 0 Å². The summed E-state index contributed by atoms with van der Waals surface area (Å²) in [5, 5.41) is 0. The molecule has 0 aromatic heterocycles. The first-order chi connectivity index (χ1) is 5.25. The van der Waals surface area contributed by atoms with Gasteiger partial charge in [0.2, 0.25) is 0 Å². The quantitative estimate of drug-likeness (QED) is 0.609. The van der Waals surface area contributed by atoms with Crippen molar-refractivity contribution in [1.82, 2.24) is 4.90 Å². The van der Waals surface area contributed by atoms with E-state index in [4.69, 9.17) is 0 Å². The molecule has 0 aliphatic carbocycles. The van der Waals surface area contributed by atoms with Crippen molar-refractivity contribution in [2.75, 3.05) is 19.8 Å². The van der Waals surface area contributed by atoms with E-state index in [0.29, 0.717) is 18.5 Å². The highest BCUT2D eigenvalue weighted by molar-refractivity contribution is 4.80. The van der Waals surface area contributed by atoms with Gasteiger partial charge in [-0.25, -0.2) is 4.39 Å². The maximum Gasteiger partial charge on any atom is 0.102 e. The summed E-state index contributed by atoms with van der Waals surface area (Å²) in [4.78, 5) is 2.28. The lowest BCUT2D eigenvalue weighted by Gasteiger charge is -2.26. The predicted octanol–water partition coefficient (Wildman–Crippen LogP) is 2.08. The topological polar surface area (TPSA) is 3.24 Å². The molecule has 0 bridgehead atoms. The second kappa shape index (κ2) is 4.05. The van der Waals surface area contributed by atoms with Gasteiger partial charge in [0.15, 0.2) is 0 Å². The van der Waals surface area contributed by atoms with E-state index in [-0.39, 0.29) is 6.67 Å². The van der Waals surface area contributed by atoms with E-state index in [9.17, 15) is 4.39 Å². The molecule has 0 radical (unpaired) electrons. The van der Waals surface area contributed by atoms with Gasteiger partial charge in [-0.3, -0.25) is 4.90 Å². The van der Waals surface area contributed by atoms with Crippen molar-refractivity contribution in [3.05, 3.63) is 0 Å². The first-order valence-electron chi connectivity index (χ1n) is 4.55. The summed E-state index contributed by atoms with van der Waals surface area (Å²) < 4.78 is 12.0. The van der Waals surface area contributed by atoms with E-state index in [1.807, 2.05) is 0 Å². The molecule has 0 aromatic rings. The normalized spacial score (nSPS) is 26.7. The molecule has 0 amide bonds. The standard InChI is InChI=1S/C9H18FN/c1-8(2)9-4-3-6-11(9)7-5-10/h8-9H,3-7H2,1-2H3. The lowest BCUT2D eigenvalue weighted by Crippen LogP contribution is -2.34. The zero-order valence-electron chi connectivity index (χ0n) is 7.52. The smallest absolute Gasteiger partial charge is 0.102 e. The van der Waals surface area contributed by atoms with Crippen molar-refractivity contribution in [3.8, 4) is 0 Å². The van der Waals surface area contributed by atoms with Crippen LogP contribution in [-0.4, -0.2) is 30.7 Å². The molecule has 0 spiro atoms. The van der Waals surface area contributed by atoms with Gasteiger partial charge in [0.25, 0.3) is 0 Å². The monoisotopic (exact) mass is 159 g/mol. The van der Waals surface area contributed by atoms with Crippen LogP contribution in [0.15, 0.2) is 0 Å². The fourth-order valence-corrected chi connectivity index (χ4v) is 1.99. The van der Waals surface area contributed by atoms with Gasteiger partial charge in [-0.2, -0.15) is 0 Å². The lowest BCUT2D eigenvalue weighted by atomic mass is 10.0. The van der Waals surface area contributed by atoms with Crippen LogP contribution in [0.25, 0.3) is 0 Å². The third-order valence-electron chi connectivity index (χ3n) is 2.56. The molecule has 1 atom stereocenters. The minimum Gasteiger partial charge on any atom is -0.298 e. The Bertz CT molecular complexity index is 114. The Morgan fingerprint density at radius 2 is 2.27 bits per heavy atom. The van der Waals surface area contributed by atoms with Crippen LogP contribution in [0, 0.1) is 5.92 Å². The third-order valence-corrected chi connectivity index (χ3v) is 2.56. The Hall–Kier alpha value is -0.110. The second-order valence-corrected chi connectivity index (χ2v) is 3.68. The molecule has 1 heterocycles. The van der Waals surface area contributed by atoms with Gasteiger partial charge in [0, 0.05) is 12.6 Å². The van der Waals surface area contributed by atoms with Crippen LogP contribution in [0.4, 0.5) is 4.39 Å². The summed E-state index contributed by atoms with van der Waals surface area (Å²) in [7, 11) is 0. The number of rotatable bonds is 3. The summed E-state index contributed by atoms with van der Waals surface area (Å²) in [6.07, 6.45) is 2.51. The number of alkyl halides is 1. The van der Waals surface area contributed by atoms with E-state index in [1.54, 1.807) is 0 Å². The maximum atomic E-state index is 12.0. The van der Waals surface area contributed by atoms with Gasteiger partial charge >= 0.3 is 0 Å². The van der Waals surface area contributed by atoms with Gasteiger partial charge in [0.1, 0.15) is 6.67 Å². The van der Waals surface area contributed by atoms with Crippen molar-refractivity contribution < 1.29 is 4.39 Å². The molecule has 66 valence electrons. The van der Waals surface area contributed by atoms with Crippen molar-refractivity contribution in [2.45, 2.75) is 32.7 Å². The van der Waals surface area contributed by atoms with Crippen molar-refractivity contribution in [2.24, 2.45) is 5.92 Å². The average molecular weight is 159 g/mol. The molecule has 1 saturated heterocycles. The molecule has 1 fully saturated rings. The summed E-state index contributed by atoms with van der Waals surface area (Å²) in [6, 6.07) is 0.644. The van der Waals surface area contributed by atoms with Crippen molar-refractivity contribution in [3.63, 3.8) is 0 Å². The fraction of sp³-hybridized carbons (Fsp3) is 1.00. The molecule has 1 aliphatic heterocycles. The molecular weight excluding hydrogens is 141 g/mol. The van der Waals surface area contributed by atoms with Gasteiger partial charge in [0.05, 0.1) is 0 Å². The van der Waals surface area contributed by atoms with Crippen LogP contribution in [0.5, 0.6) is 0 Å². The predicted molar refractivity (Wildman–Crippen MR) is 45.4 cm³/mol. The third kappa shape index (κ3) is 2.16. The highest BCUT2D eigenvalue weighted by atomic mass is 19.1. The van der Waals surface area contributed by atoms with Crippen LogP contribution in [0.1, 0.15) is 26.7 Å². The molecule has 2 heteroatoms. The highest BCUT2D eigenvalue weighted by Gasteiger charge is 2.25. The van der Waals surface area contributed by atoms with E-state index < -0.39 is 0 Å². The first kappa shape index (κ1) is 8.98. The van der Waals surface area contributed by atoms with Gasteiger partial charge < -0.3 is 0 Å². The summed E-state index contributed by atoms with van der Waals surface area (Å²) in [5.74, 6) is 0.684. The van der Waals surface area contributed by atoms with Gasteiger partial charge in [-0.15, -0.1) is 0 Å². The van der Waals surface area contributed by atoms with Crippen LogP contribution in [0.2, 0.25) is 0 Å². The fourth-order valence-electron chi connectivity index (χ4n) is 1.99. The van der Waals surface area contributed by atoms with Gasteiger partial charge in [-0.1, -0.05) is 13.8 Å². The van der Waals surface area contributed by atoms with E-state index >= 15 is 0 Å². The highest BCUT2D eigenvalue weighted by Crippen LogP contribution is 2.22. The number of halogens is 1. The van der Waals surface area contributed by atoms with Crippen LogP contribution in [0.3, 0.4) is 0 Å². The molecule has 0 saturated carbocycles. The average Bonchev–Trinajstić information content (AvgIpc) is 2.36. The Kier molecular flexibility index (Phi) is 3.31. The number of nitrogens with zero attached hydrogens (tertiary/aromatic N) is 1. The minimum atomic E-state index is -0.191. The molecule has 0 N–H and O–H groups in total. The molecular formula is C9H18FN. The summed E-state index contributed by atoms with van der Waals surface area (Å²) >= 11 is 0. The number of hydrogen-bond donors (Lipinski definition) is 0. The summed E-state index contributed by atoms with van der Waals surface area (Å²) in [6.45, 7) is 6.00. The zero-order chi connectivity index (χ0) is 8.27. The molecule has 1 unspecified atom stereocenters. The molecule has 1 aliphatic rings. The summed E-state index contributed by atoms with van der Waals surface area (Å²) in [5.41, 5.74) is 0. The Morgan fingerprint density at radius 1 is 1.55 bits per heavy atom. The Labute approximate surface area is 68.6 Å². The molecule has 0 aromatic carbocycles. The molecule has 11 heavy (non-hydrogen) atoms. The lowest BCUT2D eigenvalue weighted by molar-refractivity contribution is 0.191.